The summed E-state index contributed by atoms with van der Waals surface area (Å²) < 4.78 is 59.5. The third-order valence-corrected chi connectivity index (χ3v) is 14.5. The zero-order valence-corrected chi connectivity index (χ0v) is 47.1. The van der Waals surface area contributed by atoms with E-state index < -0.39 is 59.8 Å². The van der Waals surface area contributed by atoms with Gasteiger partial charge in [0.1, 0.15) is 30.5 Å². The van der Waals surface area contributed by atoms with Crippen LogP contribution in [0.5, 0.6) is 0 Å². The van der Waals surface area contributed by atoms with Gasteiger partial charge in [0.25, 0.3) is 0 Å². The highest BCUT2D eigenvalue weighted by Crippen LogP contribution is 2.26. The Labute approximate surface area is 441 Å². The predicted molar refractivity (Wildman–Crippen MR) is 294 cm³/mol. The molecule has 426 valence electrons. The summed E-state index contributed by atoms with van der Waals surface area (Å²) in [5.41, 5.74) is 0. The summed E-state index contributed by atoms with van der Waals surface area (Å²) in [5.74, 6) is -0.392. The molecule has 1 fully saturated rings. The number of unbranched alkanes of at least 4 members (excludes halogenated alkanes) is 37. The largest absolute Gasteiger partial charge is 0.457 e. The van der Waals surface area contributed by atoms with E-state index >= 15 is 0 Å². The molecule has 0 radical (unpaired) electrons. The lowest BCUT2D eigenvalue weighted by Crippen LogP contribution is -2.60. The Bertz CT molecular complexity index is 1340. The molecule has 1 heterocycles. The standard InChI is InChI=1S/C59H112O12S/c1-3-5-7-9-11-13-15-17-19-21-23-24-25-26-27-28-29-31-33-35-37-39-41-43-45-47-49-67-51-53(52-68-59-57(63)58(71-72(64,65)66)56(62)54(50-60)70-59)69-55(61)48-46-44-42-40-38-36-34-32-30-22-20-18-16-14-12-10-8-6-4-2/h15,17,21,23,53-54,56-60,62-63H,3-14,16,18-20,22,24-52H2,1-2H3,(H,64,65,66)/b17-15-,23-21-. The number of carbonyl (C=O) groups is 1. The molecular formula is C59H112O12S. The van der Waals surface area contributed by atoms with Crippen LogP contribution < -0.4 is 0 Å². The van der Waals surface area contributed by atoms with Gasteiger partial charge in [-0.3, -0.25) is 9.35 Å². The minimum absolute atomic E-state index is 0.0412. The Balaban J connectivity index is 2.25. The first-order chi connectivity index (χ1) is 35.1. The second-order valence-electron chi connectivity index (χ2n) is 20.9. The normalized spacial score (nSPS) is 19.0. The molecular weight excluding hydrogens is 933 g/mol. The summed E-state index contributed by atoms with van der Waals surface area (Å²) in [4.78, 5) is 13.0. The van der Waals surface area contributed by atoms with Gasteiger partial charge in [-0.25, -0.2) is 4.18 Å². The fraction of sp³-hybridized carbons (Fsp3) is 0.915. The first-order valence-electron chi connectivity index (χ1n) is 30.1. The number of ether oxygens (including phenoxy) is 4. The second-order valence-corrected chi connectivity index (χ2v) is 22.0. The van der Waals surface area contributed by atoms with Crippen LogP contribution in [0.15, 0.2) is 24.3 Å². The Hall–Kier alpha value is -1.42. The predicted octanol–water partition coefficient (Wildman–Crippen LogP) is 15.1. The van der Waals surface area contributed by atoms with Gasteiger partial charge in [-0.05, 0) is 44.9 Å². The average molecular weight is 1050 g/mol. The van der Waals surface area contributed by atoms with E-state index in [9.17, 15) is 33.1 Å². The van der Waals surface area contributed by atoms with Crippen LogP contribution in [-0.4, -0.2) is 97.5 Å². The van der Waals surface area contributed by atoms with Crippen LogP contribution in [0.25, 0.3) is 0 Å². The summed E-state index contributed by atoms with van der Waals surface area (Å²) in [5, 5.41) is 30.9. The number of esters is 1. The highest BCUT2D eigenvalue weighted by Gasteiger charge is 2.48. The molecule has 0 aromatic heterocycles. The molecule has 0 bridgehead atoms. The van der Waals surface area contributed by atoms with Crippen molar-refractivity contribution >= 4 is 16.4 Å². The maximum absolute atomic E-state index is 13.0. The monoisotopic (exact) mass is 1040 g/mol. The number of hydrogen-bond acceptors (Lipinski definition) is 11. The second kappa shape index (κ2) is 50.4. The van der Waals surface area contributed by atoms with Crippen LogP contribution >= 0.6 is 0 Å². The van der Waals surface area contributed by atoms with Crippen LogP contribution in [-0.2, 0) is 38.3 Å². The Morgan fingerprint density at radius 1 is 0.528 bits per heavy atom. The van der Waals surface area contributed by atoms with E-state index in [1.807, 2.05) is 0 Å². The average Bonchev–Trinajstić information content (AvgIpc) is 3.36. The Morgan fingerprint density at radius 3 is 1.32 bits per heavy atom. The van der Waals surface area contributed by atoms with Gasteiger partial charge < -0.3 is 34.3 Å². The van der Waals surface area contributed by atoms with E-state index in [4.69, 9.17) is 18.9 Å². The first-order valence-corrected chi connectivity index (χ1v) is 31.5. The van der Waals surface area contributed by atoms with E-state index in [1.54, 1.807) is 0 Å². The lowest BCUT2D eigenvalue weighted by molar-refractivity contribution is -0.301. The van der Waals surface area contributed by atoms with Gasteiger partial charge in [-0.1, -0.05) is 256 Å². The van der Waals surface area contributed by atoms with Crippen molar-refractivity contribution in [3.63, 3.8) is 0 Å². The molecule has 0 amide bonds. The summed E-state index contributed by atoms with van der Waals surface area (Å²) in [6, 6.07) is 0. The first kappa shape index (κ1) is 68.6. The highest BCUT2D eigenvalue weighted by molar-refractivity contribution is 7.80. The van der Waals surface area contributed by atoms with Crippen LogP contribution in [0.1, 0.15) is 284 Å². The summed E-state index contributed by atoms with van der Waals surface area (Å²) >= 11 is 0. The van der Waals surface area contributed by atoms with E-state index in [1.165, 1.54) is 212 Å². The fourth-order valence-electron chi connectivity index (χ4n) is 9.53. The van der Waals surface area contributed by atoms with Gasteiger partial charge in [0.05, 0.1) is 19.8 Å². The quantitative estimate of drug-likeness (QED) is 0.0196. The molecule has 0 aromatic carbocycles. The lowest BCUT2D eigenvalue weighted by atomic mass is 9.99. The molecule has 0 aliphatic carbocycles. The van der Waals surface area contributed by atoms with Crippen molar-refractivity contribution in [3.8, 4) is 0 Å². The molecule has 72 heavy (non-hydrogen) atoms. The van der Waals surface area contributed by atoms with Gasteiger partial charge in [0.15, 0.2) is 6.29 Å². The van der Waals surface area contributed by atoms with Gasteiger partial charge in [-0.2, -0.15) is 8.42 Å². The van der Waals surface area contributed by atoms with E-state index in [0.717, 1.165) is 44.9 Å². The van der Waals surface area contributed by atoms with Crippen molar-refractivity contribution in [1.82, 2.24) is 0 Å². The number of hydrogen-bond donors (Lipinski definition) is 4. The molecule has 1 rings (SSSR count). The van der Waals surface area contributed by atoms with Crippen LogP contribution in [0.3, 0.4) is 0 Å². The molecule has 6 unspecified atom stereocenters. The molecule has 0 aromatic rings. The molecule has 12 nitrogen and oxygen atoms in total. The lowest BCUT2D eigenvalue weighted by Gasteiger charge is -2.41. The van der Waals surface area contributed by atoms with Crippen molar-refractivity contribution in [1.29, 1.82) is 0 Å². The van der Waals surface area contributed by atoms with Gasteiger partial charge in [0, 0.05) is 13.0 Å². The maximum Gasteiger partial charge on any atom is 0.397 e. The van der Waals surface area contributed by atoms with Crippen molar-refractivity contribution in [3.05, 3.63) is 24.3 Å². The van der Waals surface area contributed by atoms with Crippen molar-refractivity contribution in [2.75, 3.05) is 26.4 Å². The summed E-state index contributed by atoms with van der Waals surface area (Å²) in [6.07, 6.45) is 52.2. The molecule has 1 aliphatic heterocycles. The third kappa shape index (κ3) is 42.8. The number of allylic oxidation sites excluding steroid dienone is 4. The highest BCUT2D eigenvalue weighted by atomic mass is 32.3. The molecule has 4 N–H and O–H groups in total. The third-order valence-electron chi connectivity index (χ3n) is 14.1. The molecule has 1 aliphatic rings. The fourth-order valence-corrected chi connectivity index (χ4v) is 10.0. The van der Waals surface area contributed by atoms with Gasteiger partial charge in [-0.15, -0.1) is 0 Å². The number of aliphatic hydroxyl groups is 3. The van der Waals surface area contributed by atoms with Crippen LogP contribution in [0, 0.1) is 0 Å². The van der Waals surface area contributed by atoms with Gasteiger partial charge >= 0.3 is 16.4 Å². The van der Waals surface area contributed by atoms with Crippen LogP contribution in [0.4, 0.5) is 0 Å². The number of aliphatic hydroxyl groups excluding tert-OH is 3. The smallest absolute Gasteiger partial charge is 0.397 e. The van der Waals surface area contributed by atoms with Crippen molar-refractivity contribution in [2.24, 2.45) is 0 Å². The van der Waals surface area contributed by atoms with Crippen molar-refractivity contribution < 1.29 is 56.2 Å². The molecule has 13 heteroatoms. The van der Waals surface area contributed by atoms with E-state index in [0.29, 0.717) is 13.0 Å². The van der Waals surface area contributed by atoms with Crippen LogP contribution in [0.2, 0.25) is 0 Å². The minimum Gasteiger partial charge on any atom is -0.457 e. The molecule has 6 atom stereocenters. The Morgan fingerprint density at radius 2 is 0.917 bits per heavy atom. The molecule has 0 saturated carbocycles. The maximum atomic E-state index is 13.0. The topological polar surface area (TPSA) is 178 Å². The SMILES string of the molecule is CCCCCCC/C=C\C/C=C\CCCCCCCCCCCCCCCCOCC(COC1OC(CO)C(O)C(OS(=O)(=O)O)C1O)OC(=O)CCCCCCCCCCCCCCCCCCCCC. The van der Waals surface area contributed by atoms with Gasteiger partial charge in [0.2, 0.25) is 0 Å². The number of carbonyl (C=O) groups excluding carboxylic acids is 1. The zero-order valence-electron chi connectivity index (χ0n) is 46.3. The Kier molecular flexibility index (Phi) is 48.0. The number of rotatable bonds is 54. The summed E-state index contributed by atoms with van der Waals surface area (Å²) in [7, 11) is -5.07. The minimum atomic E-state index is -5.07. The summed E-state index contributed by atoms with van der Waals surface area (Å²) in [6.45, 7) is 4.05. The molecule has 0 spiro atoms. The van der Waals surface area contributed by atoms with E-state index in [-0.39, 0.29) is 19.6 Å². The van der Waals surface area contributed by atoms with E-state index in [2.05, 4.69) is 42.3 Å². The van der Waals surface area contributed by atoms with Crippen molar-refractivity contribution in [2.45, 2.75) is 320 Å². The molecule has 1 saturated heterocycles. The zero-order chi connectivity index (χ0) is 52.4.